The molecule has 43 heavy (non-hydrogen) atoms. The fourth-order valence-electron chi connectivity index (χ4n) is 4.44. The summed E-state index contributed by atoms with van der Waals surface area (Å²) in [5.41, 5.74) is 6.60. The molecule has 0 bridgehead atoms. The Kier molecular flexibility index (Phi) is 8.02. The predicted molar refractivity (Wildman–Crippen MR) is 146 cm³/mol. The molecule has 2 amide bonds. The number of ether oxygens (including phenoxy) is 1. The van der Waals surface area contributed by atoms with Gasteiger partial charge in [0, 0.05) is 55.4 Å². The van der Waals surface area contributed by atoms with Gasteiger partial charge < -0.3 is 25.1 Å². The molecule has 1 aromatic carbocycles. The van der Waals surface area contributed by atoms with Crippen molar-refractivity contribution in [3.8, 4) is 17.0 Å². The number of benzene rings is 1. The number of fused-ring (bicyclic) bond motifs is 1. The summed E-state index contributed by atoms with van der Waals surface area (Å²) in [7, 11) is 0. The number of alkyl halides is 5. The van der Waals surface area contributed by atoms with E-state index >= 15 is 0 Å². The molecule has 5 rings (SSSR count). The van der Waals surface area contributed by atoms with Gasteiger partial charge in [-0.05, 0) is 54.1 Å². The third-order valence-electron chi connectivity index (χ3n) is 6.62. The number of hydrogen-bond acceptors (Lipinski definition) is 7. The van der Waals surface area contributed by atoms with Crippen molar-refractivity contribution >= 4 is 34.7 Å². The molecule has 0 saturated carbocycles. The number of likely N-dealkylation sites (tertiary alicyclic amines) is 1. The number of pyridine rings is 2. The molecule has 4 aromatic rings. The van der Waals surface area contributed by atoms with Crippen LogP contribution in [-0.2, 0) is 11.3 Å². The summed E-state index contributed by atoms with van der Waals surface area (Å²) in [5, 5.41) is 2.84. The lowest BCUT2D eigenvalue weighted by Gasteiger charge is -2.31. The Morgan fingerprint density at radius 3 is 2.49 bits per heavy atom. The minimum Gasteiger partial charge on any atom is -0.455 e. The van der Waals surface area contributed by atoms with Crippen molar-refractivity contribution in [2.75, 3.05) is 18.8 Å². The highest BCUT2D eigenvalue weighted by atomic mass is 19.4. The van der Waals surface area contributed by atoms with Gasteiger partial charge in [0.2, 0.25) is 5.91 Å². The van der Waals surface area contributed by atoms with Crippen LogP contribution in [0.5, 0.6) is 5.75 Å². The van der Waals surface area contributed by atoms with Crippen LogP contribution in [0.15, 0.2) is 65.4 Å². The van der Waals surface area contributed by atoms with E-state index in [0.717, 1.165) is 6.07 Å². The average Bonchev–Trinajstić information content (AvgIpc) is 3.38. The number of aromatic nitrogens is 2. The zero-order valence-electron chi connectivity index (χ0n) is 22.3. The van der Waals surface area contributed by atoms with Crippen molar-refractivity contribution in [2.45, 2.75) is 31.7 Å². The third kappa shape index (κ3) is 7.45. The minimum atomic E-state index is -5.02. The van der Waals surface area contributed by atoms with Crippen molar-refractivity contribution in [2.24, 2.45) is 0 Å². The number of amides is 2. The first-order valence-electron chi connectivity index (χ1n) is 13.0. The number of halogens is 5. The Morgan fingerprint density at radius 2 is 1.84 bits per heavy atom. The van der Waals surface area contributed by atoms with Gasteiger partial charge in [0.1, 0.15) is 11.6 Å². The fraction of sp³-hybridized carbons (Fsp3) is 0.241. The molecule has 0 spiro atoms. The molecule has 14 heteroatoms. The predicted octanol–water partition coefficient (Wildman–Crippen LogP) is 5.57. The van der Waals surface area contributed by atoms with Crippen molar-refractivity contribution in [1.82, 2.24) is 20.2 Å². The zero-order valence-corrected chi connectivity index (χ0v) is 22.3. The van der Waals surface area contributed by atoms with Crippen LogP contribution in [-0.4, -0.2) is 52.1 Å². The standard InChI is InChI=1S/C29H24F5N5O4/c30-28(31)7-9-39(10-8-28)27(41)18-3-4-22(36-15-18)19-11-20-12-21(42-26(20)23(13-19)43-29(32,33)34)16-38-25(40)6-2-17-1-5-24(35)37-14-17/h1-6,11-15H,7-10,16H2,(H2,35,37)(H,38,40)/b6-2+. The maximum Gasteiger partial charge on any atom is 0.573 e. The SMILES string of the molecule is Nc1ccc(/C=C/C(=O)NCc2cc3cc(-c4ccc(C(=O)N5CCC(F)(F)CC5)cn4)cc(OC(F)(F)F)c3o2)cn1. The first-order chi connectivity index (χ1) is 20.3. The van der Waals surface area contributed by atoms with Crippen LogP contribution in [0.25, 0.3) is 28.3 Å². The van der Waals surface area contributed by atoms with E-state index in [1.807, 2.05) is 0 Å². The number of nitrogens with one attached hydrogen (secondary N) is 1. The van der Waals surface area contributed by atoms with Crippen molar-refractivity contribution in [3.63, 3.8) is 0 Å². The number of hydrogen-bond donors (Lipinski definition) is 2. The van der Waals surface area contributed by atoms with Gasteiger partial charge in [-0.25, -0.2) is 13.8 Å². The summed E-state index contributed by atoms with van der Waals surface area (Å²) in [5.74, 6) is -3.88. The number of nitrogens with zero attached hydrogens (tertiary/aromatic N) is 3. The Bertz CT molecular complexity index is 1660. The molecule has 1 fully saturated rings. The van der Waals surface area contributed by atoms with Crippen LogP contribution in [0.1, 0.15) is 34.5 Å². The lowest BCUT2D eigenvalue weighted by molar-refractivity contribution is -0.274. The van der Waals surface area contributed by atoms with Crippen LogP contribution in [0.4, 0.5) is 27.8 Å². The van der Waals surface area contributed by atoms with Crippen LogP contribution in [0.3, 0.4) is 0 Å². The smallest absolute Gasteiger partial charge is 0.455 e. The zero-order chi connectivity index (χ0) is 30.8. The van der Waals surface area contributed by atoms with E-state index in [9.17, 15) is 31.5 Å². The van der Waals surface area contributed by atoms with Gasteiger partial charge in [-0.1, -0.05) is 0 Å². The fourth-order valence-corrected chi connectivity index (χ4v) is 4.44. The van der Waals surface area contributed by atoms with Gasteiger partial charge in [-0.3, -0.25) is 14.6 Å². The average molecular weight is 602 g/mol. The van der Waals surface area contributed by atoms with Gasteiger partial charge in [0.15, 0.2) is 11.3 Å². The Hall–Kier alpha value is -5.01. The summed E-state index contributed by atoms with van der Waals surface area (Å²) in [4.78, 5) is 34.4. The summed E-state index contributed by atoms with van der Waals surface area (Å²) in [6.07, 6.45) is -0.393. The first kappa shape index (κ1) is 29.5. The van der Waals surface area contributed by atoms with E-state index in [2.05, 4.69) is 20.0 Å². The molecule has 1 aliphatic heterocycles. The quantitative estimate of drug-likeness (QED) is 0.210. The molecule has 0 atom stereocenters. The summed E-state index contributed by atoms with van der Waals surface area (Å²) in [6.45, 7) is -0.319. The third-order valence-corrected chi connectivity index (χ3v) is 6.62. The second-order valence-corrected chi connectivity index (χ2v) is 9.80. The van der Waals surface area contributed by atoms with Crippen LogP contribution >= 0.6 is 0 Å². The Morgan fingerprint density at radius 1 is 1.07 bits per heavy atom. The topological polar surface area (TPSA) is 124 Å². The number of anilines is 1. The lowest BCUT2D eigenvalue weighted by Crippen LogP contribution is -2.42. The summed E-state index contributed by atoms with van der Waals surface area (Å²) >= 11 is 0. The molecule has 0 aliphatic carbocycles. The highest BCUT2D eigenvalue weighted by molar-refractivity contribution is 5.95. The molecule has 224 valence electrons. The maximum absolute atomic E-state index is 13.4. The Labute approximate surface area is 241 Å². The molecule has 0 radical (unpaired) electrons. The van der Waals surface area contributed by atoms with Gasteiger partial charge >= 0.3 is 6.36 Å². The number of piperidine rings is 1. The number of nitrogens with two attached hydrogens (primary N) is 1. The van der Waals surface area contributed by atoms with Gasteiger partial charge in [-0.15, -0.1) is 13.2 Å². The van der Waals surface area contributed by atoms with E-state index in [1.54, 1.807) is 12.1 Å². The number of carbonyl (C=O) groups is 2. The van der Waals surface area contributed by atoms with Crippen molar-refractivity contribution < 1.29 is 40.7 Å². The van der Waals surface area contributed by atoms with Crippen molar-refractivity contribution in [1.29, 1.82) is 0 Å². The van der Waals surface area contributed by atoms with Gasteiger partial charge in [0.05, 0.1) is 17.8 Å². The van der Waals surface area contributed by atoms with E-state index in [1.165, 1.54) is 53.7 Å². The summed E-state index contributed by atoms with van der Waals surface area (Å²) in [6, 6.07) is 10.2. The van der Waals surface area contributed by atoms with Crippen LogP contribution in [0.2, 0.25) is 0 Å². The van der Waals surface area contributed by atoms with Gasteiger partial charge in [0.25, 0.3) is 11.8 Å². The Balaban J connectivity index is 1.33. The number of furan rings is 1. The van der Waals surface area contributed by atoms with Crippen LogP contribution < -0.4 is 15.8 Å². The highest BCUT2D eigenvalue weighted by Gasteiger charge is 2.36. The van der Waals surface area contributed by atoms with Crippen molar-refractivity contribution in [3.05, 3.63) is 77.8 Å². The highest BCUT2D eigenvalue weighted by Crippen LogP contribution is 2.37. The first-order valence-corrected chi connectivity index (χ1v) is 13.0. The van der Waals surface area contributed by atoms with E-state index in [0.29, 0.717) is 11.4 Å². The second-order valence-electron chi connectivity index (χ2n) is 9.80. The molecule has 0 unspecified atom stereocenters. The van der Waals surface area contributed by atoms with E-state index < -0.39 is 42.7 Å². The number of carbonyl (C=O) groups excluding carboxylic acids is 2. The maximum atomic E-state index is 13.4. The number of rotatable bonds is 7. The van der Waals surface area contributed by atoms with E-state index in [4.69, 9.17) is 10.2 Å². The number of nitrogen functional groups attached to an aromatic ring is 1. The van der Waals surface area contributed by atoms with Gasteiger partial charge in [-0.2, -0.15) is 0 Å². The summed E-state index contributed by atoms with van der Waals surface area (Å²) < 4.78 is 76.4. The molecule has 3 aromatic heterocycles. The monoisotopic (exact) mass is 601 g/mol. The minimum absolute atomic E-state index is 0.0952. The molecule has 3 N–H and O–H groups in total. The lowest BCUT2D eigenvalue weighted by atomic mass is 10.0. The molecule has 9 nitrogen and oxygen atoms in total. The second kappa shape index (κ2) is 11.7. The van der Waals surface area contributed by atoms with E-state index in [-0.39, 0.29) is 53.2 Å². The molecule has 1 aliphatic rings. The van der Waals surface area contributed by atoms with Crippen LogP contribution in [0, 0.1) is 0 Å². The molecular formula is C29H24F5N5O4. The largest absolute Gasteiger partial charge is 0.573 e. The molecular weight excluding hydrogens is 577 g/mol. The molecule has 1 saturated heterocycles. The molecule has 4 heterocycles. The normalized spacial score (nSPS) is 15.1.